The number of thioether (sulfide) groups is 1. The van der Waals surface area contributed by atoms with Gasteiger partial charge in [-0.2, -0.15) is 0 Å². The number of nitrogens with zero attached hydrogens (tertiary/aromatic N) is 2. The first-order chi connectivity index (χ1) is 16.5. The molecule has 0 aliphatic carbocycles. The molecular formula is C27H21N3O3S. The van der Waals surface area contributed by atoms with Crippen LogP contribution in [0.4, 0.5) is 16.2 Å². The second kappa shape index (κ2) is 9.03. The van der Waals surface area contributed by atoms with Gasteiger partial charge in [0.1, 0.15) is 6.54 Å². The van der Waals surface area contributed by atoms with E-state index in [-0.39, 0.29) is 23.6 Å². The normalized spacial score (nSPS) is 14.9. The van der Waals surface area contributed by atoms with E-state index >= 15 is 0 Å². The van der Waals surface area contributed by atoms with Crippen LogP contribution in [0.2, 0.25) is 0 Å². The lowest BCUT2D eigenvalue weighted by Gasteiger charge is -2.11. The van der Waals surface area contributed by atoms with Gasteiger partial charge in [0.2, 0.25) is 5.91 Å². The number of anilines is 2. The average Bonchev–Trinajstić information content (AvgIpc) is 3.32. The van der Waals surface area contributed by atoms with Crippen molar-refractivity contribution in [2.75, 3.05) is 10.2 Å². The number of para-hydroxylation sites is 2. The predicted molar refractivity (Wildman–Crippen MR) is 137 cm³/mol. The van der Waals surface area contributed by atoms with Crippen LogP contribution in [0.25, 0.3) is 17.0 Å². The predicted octanol–water partition coefficient (Wildman–Crippen LogP) is 5.83. The maximum absolute atomic E-state index is 13.0. The standard InChI is InChI=1S/C27H21N3O3S/c1-18-11-13-20(14-12-18)28-25(31)17-29-16-19(22-9-5-6-10-23(22)29)15-24-26(32)30(27(33)34-24)21-7-3-2-4-8-21/h2-16H,17H2,1H3,(H,28,31)/b24-15+. The number of hydrogen-bond acceptors (Lipinski definition) is 4. The molecule has 4 aromatic rings. The van der Waals surface area contributed by atoms with Gasteiger partial charge in [-0.3, -0.25) is 14.4 Å². The Kier molecular flexibility index (Phi) is 5.77. The van der Waals surface area contributed by atoms with Gasteiger partial charge in [0.05, 0.1) is 10.6 Å². The molecule has 5 rings (SSSR count). The molecule has 1 N–H and O–H groups in total. The Hall–Kier alpha value is -4.10. The molecule has 1 aromatic heterocycles. The van der Waals surface area contributed by atoms with Gasteiger partial charge in [0, 0.05) is 28.4 Å². The van der Waals surface area contributed by atoms with Crippen molar-refractivity contribution in [2.45, 2.75) is 13.5 Å². The minimum Gasteiger partial charge on any atom is -0.337 e. The fraction of sp³-hybridized carbons (Fsp3) is 0.0741. The van der Waals surface area contributed by atoms with Gasteiger partial charge in [-0.1, -0.05) is 54.1 Å². The Labute approximate surface area is 200 Å². The second-order valence-electron chi connectivity index (χ2n) is 8.00. The van der Waals surface area contributed by atoms with Crippen LogP contribution in [-0.4, -0.2) is 21.6 Å². The molecular weight excluding hydrogens is 446 g/mol. The summed E-state index contributed by atoms with van der Waals surface area (Å²) < 4.78 is 1.85. The van der Waals surface area contributed by atoms with Gasteiger partial charge in [0.25, 0.3) is 11.1 Å². The quantitative estimate of drug-likeness (QED) is 0.375. The number of carbonyl (C=O) groups is 3. The van der Waals surface area contributed by atoms with Crippen LogP contribution < -0.4 is 10.2 Å². The van der Waals surface area contributed by atoms with Gasteiger partial charge in [-0.25, -0.2) is 4.90 Å². The first-order valence-electron chi connectivity index (χ1n) is 10.8. The second-order valence-corrected chi connectivity index (χ2v) is 8.99. The monoisotopic (exact) mass is 467 g/mol. The van der Waals surface area contributed by atoms with Gasteiger partial charge < -0.3 is 9.88 Å². The molecule has 168 valence electrons. The van der Waals surface area contributed by atoms with E-state index < -0.39 is 0 Å². The molecule has 0 saturated carbocycles. The number of fused-ring (bicyclic) bond motifs is 1. The molecule has 1 aliphatic rings. The number of carbonyl (C=O) groups excluding carboxylic acids is 3. The summed E-state index contributed by atoms with van der Waals surface area (Å²) in [5.41, 5.74) is 4.05. The van der Waals surface area contributed by atoms with Gasteiger partial charge in [-0.05, 0) is 55.1 Å². The molecule has 0 unspecified atom stereocenters. The highest BCUT2D eigenvalue weighted by Crippen LogP contribution is 2.36. The summed E-state index contributed by atoms with van der Waals surface area (Å²) in [6.07, 6.45) is 3.57. The number of nitrogens with one attached hydrogen (secondary N) is 1. The van der Waals surface area contributed by atoms with E-state index in [4.69, 9.17) is 0 Å². The Bertz CT molecular complexity index is 1440. The van der Waals surface area contributed by atoms with Crippen LogP contribution in [-0.2, 0) is 16.1 Å². The maximum Gasteiger partial charge on any atom is 0.298 e. The van der Waals surface area contributed by atoms with Crippen molar-refractivity contribution in [3.8, 4) is 0 Å². The Balaban J connectivity index is 1.43. The number of benzene rings is 3. The molecule has 34 heavy (non-hydrogen) atoms. The highest BCUT2D eigenvalue weighted by Gasteiger charge is 2.36. The van der Waals surface area contributed by atoms with Gasteiger partial charge in [0.15, 0.2) is 0 Å². The molecule has 0 spiro atoms. The zero-order valence-electron chi connectivity index (χ0n) is 18.4. The number of imide groups is 1. The van der Waals surface area contributed by atoms with Crippen LogP contribution in [0.15, 0.2) is 90.0 Å². The Morgan fingerprint density at radius 3 is 2.41 bits per heavy atom. The molecule has 6 nitrogen and oxygen atoms in total. The summed E-state index contributed by atoms with van der Waals surface area (Å²) in [5.74, 6) is -0.504. The van der Waals surface area contributed by atoms with Crippen molar-refractivity contribution >= 4 is 57.2 Å². The molecule has 0 bridgehead atoms. The summed E-state index contributed by atoms with van der Waals surface area (Å²) in [4.78, 5) is 39.8. The fourth-order valence-electron chi connectivity index (χ4n) is 3.92. The van der Waals surface area contributed by atoms with Crippen molar-refractivity contribution in [3.05, 3.63) is 101 Å². The molecule has 3 aromatic carbocycles. The average molecular weight is 468 g/mol. The van der Waals surface area contributed by atoms with Crippen molar-refractivity contribution < 1.29 is 14.4 Å². The molecule has 3 amide bonds. The molecule has 1 fully saturated rings. The molecule has 2 heterocycles. The van der Waals surface area contributed by atoms with Crippen molar-refractivity contribution in [1.82, 2.24) is 4.57 Å². The smallest absolute Gasteiger partial charge is 0.298 e. The summed E-state index contributed by atoms with van der Waals surface area (Å²) in [6.45, 7) is 2.11. The third kappa shape index (κ3) is 4.25. The van der Waals surface area contributed by atoms with Crippen molar-refractivity contribution in [2.24, 2.45) is 0 Å². The van der Waals surface area contributed by atoms with E-state index in [2.05, 4.69) is 5.32 Å². The summed E-state index contributed by atoms with van der Waals surface area (Å²) in [7, 11) is 0. The van der Waals surface area contributed by atoms with Crippen LogP contribution in [0.5, 0.6) is 0 Å². The zero-order chi connectivity index (χ0) is 23.7. The zero-order valence-corrected chi connectivity index (χ0v) is 19.2. The third-order valence-electron chi connectivity index (χ3n) is 5.56. The number of hydrogen-bond donors (Lipinski definition) is 1. The van der Waals surface area contributed by atoms with Crippen LogP contribution in [0, 0.1) is 6.92 Å². The Morgan fingerprint density at radius 2 is 1.65 bits per heavy atom. The van der Waals surface area contributed by atoms with Crippen LogP contribution in [0.3, 0.4) is 0 Å². The van der Waals surface area contributed by atoms with E-state index in [9.17, 15) is 14.4 Å². The Morgan fingerprint density at radius 1 is 0.941 bits per heavy atom. The highest BCUT2D eigenvalue weighted by molar-refractivity contribution is 8.19. The molecule has 0 atom stereocenters. The minimum atomic E-state index is -0.352. The summed E-state index contributed by atoms with van der Waals surface area (Å²) in [5, 5.41) is 3.49. The van der Waals surface area contributed by atoms with Gasteiger partial charge in [-0.15, -0.1) is 0 Å². The number of aromatic nitrogens is 1. The van der Waals surface area contributed by atoms with Gasteiger partial charge >= 0.3 is 0 Å². The minimum absolute atomic E-state index is 0.119. The first-order valence-corrected chi connectivity index (χ1v) is 11.6. The first kappa shape index (κ1) is 21.7. The lowest BCUT2D eigenvalue weighted by Crippen LogP contribution is -2.27. The third-order valence-corrected chi connectivity index (χ3v) is 6.43. The van der Waals surface area contributed by atoms with Crippen LogP contribution >= 0.6 is 11.8 Å². The molecule has 1 saturated heterocycles. The topological polar surface area (TPSA) is 71.4 Å². The molecule has 7 heteroatoms. The lowest BCUT2D eigenvalue weighted by molar-refractivity contribution is -0.116. The lowest BCUT2D eigenvalue weighted by atomic mass is 10.1. The highest BCUT2D eigenvalue weighted by atomic mass is 32.2. The number of aryl methyl sites for hydroxylation is 1. The largest absolute Gasteiger partial charge is 0.337 e. The summed E-state index contributed by atoms with van der Waals surface area (Å²) >= 11 is 0.916. The molecule has 0 radical (unpaired) electrons. The SMILES string of the molecule is Cc1ccc(NC(=O)Cn2cc(/C=C3/SC(=O)N(c4ccccc4)C3=O)c3ccccc32)cc1. The van der Waals surface area contributed by atoms with E-state index in [1.165, 1.54) is 4.90 Å². The summed E-state index contributed by atoms with van der Waals surface area (Å²) in [6, 6.07) is 24.2. The van der Waals surface area contributed by atoms with E-state index in [0.717, 1.165) is 39.5 Å². The van der Waals surface area contributed by atoms with E-state index in [0.29, 0.717) is 10.6 Å². The van der Waals surface area contributed by atoms with Crippen LogP contribution in [0.1, 0.15) is 11.1 Å². The van der Waals surface area contributed by atoms with Crippen molar-refractivity contribution in [3.63, 3.8) is 0 Å². The van der Waals surface area contributed by atoms with E-state index in [1.54, 1.807) is 30.3 Å². The van der Waals surface area contributed by atoms with Crippen molar-refractivity contribution in [1.29, 1.82) is 0 Å². The number of amides is 3. The number of rotatable bonds is 5. The van der Waals surface area contributed by atoms with E-state index in [1.807, 2.05) is 72.3 Å². The fourth-order valence-corrected chi connectivity index (χ4v) is 4.75. The maximum atomic E-state index is 13.0. The molecule has 1 aliphatic heterocycles.